The monoisotopic (exact) mass is 505 g/mol. The molecule has 0 aliphatic carbocycles. The van der Waals surface area contributed by atoms with Crippen LogP contribution in [-0.4, -0.2) is 41.3 Å². The van der Waals surface area contributed by atoms with Crippen LogP contribution in [0.15, 0.2) is 70.2 Å². The standard InChI is InChI=1S/C20H17BrFN5O3S/c21-16-12-23-27-19(11-18(26-20(16)27)15-3-1-2-4-17(15)22)25-13-5-7-14(8-6-13)31(29,30)24-9-10-28/h1-8,11-12,24-25,28H,9-10H2. The Morgan fingerprint density at radius 1 is 1.13 bits per heavy atom. The van der Waals surface area contributed by atoms with Crippen molar-refractivity contribution in [3.05, 3.63) is 71.1 Å². The van der Waals surface area contributed by atoms with Crippen LogP contribution in [0.2, 0.25) is 0 Å². The van der Waals surface area contributed by atoms with Crippen molar-refractivity contribution in [1.82, 2.24) is 19.3 Å². The molecule has 11 heteroatoms. The molecule has 0 unspecified atom stereocenters. The summed E-state index contributed by atoms with van der Waals surface area (Å²) in [5.74, 6) is 0.119. The molecular formula is C20H17BrFN5O3S. The Labute approximate surface area is 185 Å². The van der Waals surface area contributed by atoms with Gasteiger partial charge in [-0.2, -0.15) is 9.61 Å². The second kappa shape index (κ2) is 8.71. The highest BCUT2D eigenvalue weighted by molar-refractivity contribution is 9.10. The summed E-state index contributed by atoms with van der Waals surface area (Å²) >= 11 is 3.40. The van der Waals surface area contributed by atoms with Crippen LogP contribution in [0.5, 0.6) is 0 Å². The highest BCUT2D eigenvalue weighted by atomic mass is 79.9. The van der Waals surface area contributed by atoms with E-state index in [2.05, 4.69) is 36.1 Å². The van der Waals surface area contributed by atoms with Crippen LogP contribution in [0.25, 0.3) is 16.9 Å². The first-order chi connectivity index (χ1) is 14.9. The lowest BCUT2D eigenvalue weighted by atomic mass is 10.1. The van der Waals surface area contributed by atoms with Crippen molar-refractivity contribution in [1.29, 1.82) is 0 Å². The fourth-order valence-electron chi connectivity index (χ4n) is 2.96. The van der Waals surface area contributed by atoms with Crippen LogP contribution in [0.3, 0.4) is 0 Å². The van der Waals surface area contributed by atoms with Gasteiger partial charge in [-0.25, -0.2) is 22.5 Å². The molecule has 0 saturated heterocycles. The largest absolute Gasteiger partial charge is 0.395 e. The van der Waals surface area contributed by atoms with Crippen LogP contribution in [0, 0.1) is 5.82 Å². The number of halogens is 2. The first kappa shape index (κ1) is 21.4. The Kier molecular flexibility index (Phi) is 6.01. The summed E-state index contributed by atoms with van der Waals surface area (Å²) in [6.07, 6.45) is 1.58. The number of aliphatic hydroxyl groups is 1. The van der Waals surface area contributed by atoms with E-state index < -0.39 is 15.8 Å². The van der Waals surface area contributed by atoms with Gasteiger partial charge in [-0.15, -0.1) is 0 Å². The number of anilines is 2. The Morgan fingerprint density at radius 3 is 2.58 bits per heavy atom. The van der Waals surface area contributed by atoms with E-state index in [9.17, 15) is 12.8 Å². The molecule has 8 nitrogen and oxygen atoms in total. The summed E-state index contributed by atoms with van der Waals surface area (Å²) in [4.78, 5) is 4.58. The van der Waals surface area contributed by atoms with Gasteiger partial charge in [0.15, 0.2) is 5.65 Å². The van der Waals surface area contributed by atoms with Crippen molar-refractivity contribution >= 4 is 43.1 Å². The molecule has 2 aromatic heterocycles. The second-order valence-corrected chi connectivity index (χ2v) is 9.13. The third kappa shape index (κ3) is 4.44. The van der Waals surface area contributed by atoms with E-state index in [1.807, 2.05) is 0 Å². The van der Waals surface area contributed by atoms with Gasteiger partial charge in [-0.05, 0) is 52.3 Å². The maximum absolute atomic E-state index is 14.3. The average molecular weight is 506 g/mol. The van der Waals surface area contributed by atoms with Gasteiger partial charge >= 0.3 is 0 Å². The van der Waals surface area contributed by atoms with Gasteiger partial charge in [-0.3, -0.25) is 0 Å². The number of fused-ring (bicyclic) bond motifs is 1. The van der Waals surface area contributed by atoms with E-state index in [1.54, 1.807) is 47.1 Å². The highest BCUT2D eigenvalue weighted by Gasteiger charge is 2.15. The Bertz CT molecular complexity index is 1340. The zero-order chi connectivity index (χ0) is 22.0. The van der Waals surface area contributed by atoms with Gasteiger partial charge in [0.05, 0.1) is 27.9 Å². The maximum Gasteiger partial charge on any atom is 0.240 e. The molecule has 0 aliphatic rings. The number of hydrogen-bond acceptors (Lipinski definition) is 6. The van der Waals surface area contributed by atoms with Gasteiger partial charge in [-0.1, -0.05) is 12.1 Å². The molecule has 0 atom stereocenters. The van der Waals surface area contributed by atoms with E-state index in [0.29, 0.717) is 32.9 Å². The molecule has 0 radical (unpaired) electrons. The molecule has 2 heterocycles. The van der Waals surface area contributed by atoms with E-state index in [1.165, 1.54) is 18.2 Å². The van der Waals surface area contributed by atoms with Crippen molar-refractivity contribution < 1.29 is 17.9 Å². The second-order valence-electron chi connectivity index (χ2n) is 6.51. The minimum atomic E-state index is -3.70. The zero-order valence-corrected chi connectivity index (χ0v) is 18.4. The summed E-state index contributed by atoms with van der Waals surface area (Å²) in [7, 11) is -3.70. The Balaban J connectivity index is 1.71. The molecule has 0 fully saturated rings. The lowest BCUT2D eigenvalue weighted by Gasteiger charge is -2.12. The van der Waals surface area contributed by atoms with E-state index in [4.69, 9.17) is 5.11 Å². The van der Waals surface area contributed by atoms with Crippen LogP contribution in [-0.2, 0) is 10.0 Å². The van der Waals surface area contributed by atoms with E-state index >= 15 is 0 Å². The number of benzene rings is 2. The molecule has 0 aliphatic heterocycles. The summed E-state index contributed by atoms with van der Waals surface area (Å²) in [6.45, 7) is -0.356. The SMILES string of the molecule is O=S(=O)(NCCO)c1ccc(Nc2cc(-c3ccccc3F)nc3c(Br)cnn23)cc1. The molecule has 4 rings (SSSR count). The van der Waals surface area contributed by atoms with Crippen molar-refractivity contribution in [2.45, 2.75) is 4.90 Å². The molecule has 0 amide bonds. The van der Waals surface area contributed by atoms with Crippen molar-refractivity contribution in [3.8, 4) is 11.3 Å². The topological polar surface area (TPSA) is 109 Å². The summed E-state index contributed by atoms with van der Waals surface area (Å²) in [5.41, 5.74) is 1.86. The summed E-state index contributed by atoms with van der Waals surface area (Å²) in [5, 5.41) is 16.3. The first-order valence-corrected chi connectivity index (χ1v) is 11.4. The normalized spacial score (nSPS) is 11.7. The minimum absolute atomic E-state index is 0.0651. The molecular weight excluding hydrogens is 489 g/mol. The molecule has 0 bridgehead atoms. The van der Waals surface area contributed by atoms with Crippen LogP contribution >= 0.6 is 15.9 Å². The predicted octanol–water partition coefficient (Wildman–Crippen LogP) is 3.31. The maximum atomic E-state index is 14.3. The first-order valence-electron chi connectivity index (χ1n) is 9.16. The fraction of sp³-hybridized carbons (Fsp3) is 0.100. The molecule has 3 N–H and O–H groups in total. The molecule has 0 saturated carbocycles. The number of sulfonamides is 1. The number of aromatic nitrogens is 3. The number of aliphatic hydroxyl groups excluding tert-OH is 1. The number of hydrogen-bond donors (Lipinski definition) is 3. The van der Waals surface area contributed by atoms with Crippen LogP contribution in [0.1, 0.15) is 0 Å². The predicted molar refractivity (Wildman–Crippen MR) is 118 cm³/mol. The van der Waals surface area contributed by atoms with Crippen molar-refractivity contribution in [3.63, 3.8) is 0 Å². The number of nitrogens with one attached hydrogen (secondary N) is 2. The van der Waals surface area contributed by atoms with Gasteiger partial charge < -0.3 is 10.4 Å². The van der Waals surface area contributed by atoms with Crippen molar-refractivity contribution in [2.75, 3.05) is 18.5 Å². The third-order valence-electron chi connectivity index (χ3n) is 4.42. The van der Waals surface area contributed by atoms with Gasteiger partial charge in [0.1, 0.15) is 11.6 Å². The molecule has 0 spiro atoms. The lowest BCUT2D eigenvalue weighted by Crippen LogP contribution is -2.26. The van der Waals surface area contributed by atoms with Crippen LogP contribution < -0.4 is 10.0 Å². The smallest absolute Gasteiger partial charge is 0.240 e. The molecule has 4 aromatic rings. The summed E-state index contributed by atoms with van der Waals surface area (Å²) < 4.78 is 43.2. The van der Waals surface area contributed by atoms with Gasteiger partial charge in [0.2, 0.25) is 10.0 Å². The van der Waals surface area contributed by atoms with Crippen LogP contribution in [0.4, 0.5) is 15.9 Å². The molecule has 160 valence electrons. The Hall–Kier alpha value is -2.86. The highest BCUT2D eigenvalue weighted by Crippen LogP contribution is 2.29. The fourth-order valence-corrected chi connectivity index (χ4v) is 4.33. The summed E-state index contributed by atoms with van der Waals surface area (Å²) in [6, 6.07) is 14.1. The van der Waals surface area contributed by atoms with Crippen molar-refractivity contribution in [2.24, 2.45) is 0 Å². The Morgan fingerprint density at radius 2 is 1.87 bits per heavy atom. The molecule has 2 aromatic carbocycles. The third-order valence-corrected chi connectivity index (χ3v) is 6.46. The van der Waals surface area contributed by atoms with Gasteiger partial charge in [0.25, 0.3) is 0 Å². The van der Waals surface area contributed by atoms with E-state index in [0.717, 1.165) is 0 Å². The van der Waals surface area contributed by atoms with E-state index in [-0.39, 0.29) is 18.0 Å². The average Bonchev–Trinajstić information content (AvgIpc) is 3.14. The lowest BCUT2D eigenvalue weighted by molar-refractivity contribution is 0.301. The zero-order valence-electron chi connectivity index (χ0n) is 16.0. The minimum Gasteiger partial charge on any atom is -0.395 e. The quantitative estimate of drug-likeness (QED) is 0.355. The number of rotatable bonds is 7. The number of nitrogens with zero attached hydrogens (tertiary/aromatic N) is 3. The molecule has 31 heavy (non-hydrogen) atoms. The van der Waals surface area contributed by atoms with Gasteiger partial charge in [0, 0.05) is 23.9 Å².